The van der Waals surface area contributed by atoms with Gasteiger partial charge in [-0.1, -0.05) is 6.07 Å². The summed E-state index contributed by atoms with van der Waals surface area (Å²) in [6.45, 7) is 3.84. The quantitative estimate of drug-likeness (QED) is 0.507. The van der Waals surface area contributed by atoms with Gasteiger partial charge < -0.3 is 20.7 Å². The lowest BCUT2D eigenvalue weighted by Gasteiger charge is -2.12. The van der Waals surface area contributed by atoms with E-state index in [9.17, 15) is 4.79 Å². The van der Waals surface area contributed by atoms with E-state index in [0.29, 0.717) is 23.1 Å². The minimum Gasteiger partial charge on any atom is -0.375 e. The Kier molecular flexibility index (Phi) is 5.62. The van der Waals surface area contributed by atoms with E-state index in [-0.39, 0.29) is 12.5 Å². The minimum absolute atomic E-state index is 0.00293. The molecule has 0 atom stereocenters. The van der Waals surface area contributed by atoms with Gasteiger partial charge in [-0.25, -0.2) is 4.98 Å². The molecule has 1 aromatic carbocycles. The van der Waals surface area contributed by atoms with Crippen LogP contribution in [0, 0.1) is 13.8 Å². The molecular formula is C18H21N7O2. The predicted molar refractivity (Wildman–Crippen MR) is 104 cm³/mol. The summed E-state index contributed by atoms with van der Waals surface area (Å²) in [5.41, 5.74) is 3.37. The Labute approximate surface area is 156 Å². The van der Waals surface area contributed by atoms with Crippen LogP contribution in [-0.2, 0) is 9.53 Å². The maximum absolute atomic E-state index is 11.8. The van der Waals surface area contributed by atoms with Crippen molar-refractivity contribution >= 4 is 34.7 Å². The van der Waals surface area contributed by atoms with E-state index in [0.717, 1.165) is 16.9 Å². The summed E-state index contributed by atoms with van der Waals surface area (Å²) >= 11 is 0. The summed E-state index contributed by atoms with van der Waals surface area (Å²) in [5.74, 6) is 1.58. The Balaban J connectivity index is 1.73. The highest BCUT2D eigenvalue weighted by molar-refractivity contribution is 5.93. The van der Waals surface area contributed by atoms with Crippen LogP contribution in [0.15, 0.2) is 36.7 Å². The molecule has 0 saturated heterocycles. The van der Waals surface area contributed by atoms with Gasteiger partial charge >= 0.3 is 0 Å². The van der Waals surface area contributed by atoms with E-state index in [1.807, 2.05) is 38.1 Å². The first-order valence-electron chi connectivity index (χ1n) is 8.31. The molecule has 2 heterocycles. The Morgan fingerprint density at radius 1 is 1.11 bits per heavy atom. The zero-order valence-corrected chi connectivity index (χ0v) is 15.3. The van der Waals surface area contributed by atoms with Crippen LogP contribution >= 0.6 is 0 Å². The molecule has 0 aliphatic rings. The van der Waals surface area contributed by atoms with Gasteiger partial charge in [-0.15, -0.1) is 0 Å². The standard InChI is InChI=1S/C18H21N7O2/c1-11-4-5-13(7-14(11)21-18(26)10-27-3)20-16-8-19-9-17(23-16)22-15-6-12(2)24-25-15/h4-9H,10H2,1-3H3,(H,21,26)(H3,20,22,23,24,25). The normalized spacial score (nSPS) is 10.5. The van der Waals surface area contributed by atoms with Crippen LogP contribution in [0.3, 0.4) is 0 Å². The number of amides is 1. The summed E-state index contributed by atoms with van der Waals surface area (Å²) in [6, 6.07) is 7.52. The highest BCUT2D eigenvalue weighted by Gasteiger charge is 2.07. The number of hydrogen-bond donors (Lipinski definition) is 4. The first-order chi connectivity index (χ1) is 13.0. The Bertz CT molecular complexity index is 939. The molecule has 4 N–H and O–H groups in total. The lowest BCUT2D eigenvalue weighted by atomic mass is 10.1. The molecule has 0 aliphatic heterocycles. The van der Waals surface area contributed by atoms with E-state index in [2.05, 4.69) is 36.1 Å². The lowest BCUT2D eigenvalue weighted by Crippen LogP contribution is -2.17. The van der Waals surface area contributed by atoms with Crippen LogP contribution < -0.4 is 16.0 Å². The summed E-state index contributed by atoms with van der Waals surface area (Å²) in [4.78, 5) is 20.4. The number of carbonyl (C=O) groups is 1. The van der Waals surface area contributed by atoms with E-state index >= 15 is 0 Å². The Morgan fingerprint density at radius 2 is 1.89 bits per heavy atom. The topological polar surface area (TPSA) is 117 Å². The predicted octanol–water partition coefficient (Wildman–Crippen LogP) is 2.89. The molecule has 27 heavy (non-hydrogen) atoms. The van der Waals surface area contributed by atoms with E-state index in [1.54, 1.807) is 12.4 Å². The van der Waals surface area contributed by atoms with Crippen molar-refractivity contribution in [3.8, 4) is 0 Å². The van der Waals surface area contributed by atoms with Gasteiger partial charge in [-0.05, 0) is 31.5 Å². The second-order valence-electron chi connectivity index (χ2n) is 5.99. The van der Waals surface area contributed by atoms with Crippen LogP contribution in [-0.4, -0.2) is 39.8 Å². The number of aryl methyl sites for hydroxylation is 2. The first-order valence-corrected chi connectivity index (χ1v) is 8.31. The molecule has 140 valence electrons. The number of nitrogens with zero attached hydrogens (tertiary/aromatic N) is 3. The molecule has 9 heteroatoms. The maximum atomic E-state index is 11.8. The number of methoxy groups -OCH3 is 1. The van der Waals surface area contributed by atoms with E-state index in [4.69, 9.17) is 4.74 Å². The molecular weight excluding hydrogens is 346 g/mol. The fourth-order valence-corrected chi connectivity index (χ4v) is 2.40. The molecule has 0 bridgehead atoms. The molecule has 0 unspecified atom stereocenters. The summed E-state index contributed by atoms with van der Waals surface area (Å²) in [5, 5.41) is 16.1. The van der Waals surface area contributed by atoms with Gasteiger partial charge in [0, 0.05) is 30.2 Å². The molecule has 0 spiro atoms. The van der Waals surface area contributed by atoms with Crippen LogP contribution in [0.25, 0.3) is 0 Å². The van der Waals surface area contributed by atoms with Crippen molar-refractivity contribution in [1.82, 2.24) is 20.2 Å². The smallest absolute Gasteiger partial charge is 0.250 e. The SMILES string of the molecule is COCC(=O)Nc1cc(Nc2cncc(Nc3cc(C)[nH]n3)n2)ccc1C. The van der Waals surface area contributed by atoms with Crippen LogP contribution in [0.1, 0.15) is 11.3 Å². The number of carbonyl (C=O) groups excluding carboxylic acids is 1. The number of aromatic nitrogens is 4. The monoisotopic (exact) mass is 367 g/mol. The van der Waals surface area contributed by atoms with Gasteiger partial charge in [-0.3, -0.25) is 14.9 Å². The van der Waals surface area contributed by atoms with Crippen LogP contribution in [0.2, 0.25) is 0 Å². The number of rotatable bonds is 7. The molecule has 3 aromatic rings. The second-order valence-corrected chi connectivity index (χ2v) is 5.99. The maximum Gasteiger partial charge on any atom is 0.250 e. The number of benzene rings is 1. The van der Waals surface area contributed by atoms with Gasteiger partial charge in [0.2, 0.25) is 5.91 Å². The van der Waals surface area contributed by atoms with Gasteiger partial charge in [0.25, 0.3) is 0 Å². The summed E-state index contributed by atoms with van der Waals surface area (Å²) < 4.78 is 4.84. The molecule has 1 amide bonds. The van der Waals surface area contributed by atoms with Gasteiger partial charge in [0.1, 0.15) is 6.61 Å². The number of hydrogen-bond acceptors (Lipinski definition) is 7. The van der Waals surface area contributed by atoms with Crippen molar-refractivity contribution in [3.05, 3.63) is 47.9 Å². The molecule has 0 radical (unpaired) electrons. The molecule has 0 saturated carbocycles. The van der Waals surface area contributed by atoms with E-state index < -0.39 is 0 Å². The number of ether oxygens (including phenoxy) is 1. The van der Waals surface area contributed by atoms with Crippen molar-refractivity contribution < 1.29 is 9.53 Å². The van der Waals surface area contributed by atoms with Crippen molar-refractivity contribution in [2.24, 2.45) is 0 Å². The number of anilines is 5. The number of H-pyrrole nitrogens is 1. The average molecular weight is 367 g/mol. The largest absolute Gasteiger partial charge is 0.375 e. The van der Waals surface area contributed by atoms with Gasteiger partial charge in [0.05, 0.1) is 12.4 Å². The fraction of sp³-hybridized carbons (Fsp3) is 0.222. The van der Waals surface area contributed by atoms with Gasteiger partial charge in [0.15, 0.2) is 17.5 Å². The van der Waals surface area contributed by atoms with Crippen molar-refractivity contribution in [3.63, 3.8) is 0 Å². The number of aromatic amines is 1. The summed E-state index contributed by atoms with van der Waals surface area (Å²) in [6.07, 6.45) is 3.23. The highest BCUT2D eigenvalue weighted by Crippen LogP contribution is 2.23. The minimum atomic E-state index is -0.210. The molecule has 0 aliphatic carbocycles. The molecule has 9 nitrogen and oxygen atoms in total. The van der Waals surface area contributed by atoms with Crippen molar-refractivity contribution in [2.45, 2.75) is 13.8 Å². The molecule has 0 fully saturated rings. The third-order valence-corrected chi connectivity index (χ3v) is 3.66. The zero-order valence-electron chi connectivity index (χ0n) is 15.3. The van der Waals surface area contributed by atoms with Gasteiger partial charge in [-0.2, -0.15) is 5.10 Å². The number of nitrogens with one attached hydrogen (secondary N) is 4. The molecule has 2 aromatic heterocycles. The Hall–Kier alpha value is -3.46. The lowest BCUT2D eigenvalue weighted by molar-refractivity contribution is -0.119. The first kappa shape index (κ1) is 18.3. The Morgan fingerprint density at radius 3 is 2.59 bits per heavy atom. The fourth-order valence-electron chi connectivity index (χ4n) is 2.40. The molecule has 3 rings (SSSR count). The zero-order chi connectivity index (χ0) is 19.2. The second kappa shape index (κ2) is 8.28. The van der Waals surface area contributed by atoms with E-state index in [1.165, 1.54) is 7.11 Å². The average Bonchev–Trinajstić information content (AvgIpc) is 3.03. The van der Waals surface area contributed by atoms with Crippen LogP contribution in [0.5, 0.6) is 0 Å². The van der Waals surface area contributed by atoms with Crippen molar-refractivity contribution in [2.75, 3.05) is 29.7 Å². The van der Waals surface area contributed by atoms with Crippen molar-refractivity contribution in [1.29, 1.82) is 0 Å². The third kappa shape index (κ3) is 5.02. The van der Waals surface area contributed by atoms with Crippen LogP contribution in [0.4, 0.5) is 28.8 Å². The summed E-state index contributed by atoms with van der Waals surface area (Å²) in [7, 11) is 1.48. The highest BCUT2D eigenvalue weighted by atomic mass is 16.5. The third-order valence-electron chi connectivity index (χ3n) is 3.66.